The average molecular weight is 262 g/mol. The molecule has 0 unspecified atom stereocenters. The van der Waals surface area contributed by atoms with Crippen LogP contribution in [0.4, 0.5) is 11.4 Å². The molecule has 0 saturated carbocycles. The Hall–Kier alpha value is -1.81. The second-order valence-electron chi connectivity index (χ2n) is 4.28. The molecule has 92 valence electrons. The van der Waals surface area contributed by atoms with Crippen molar-refractivity contribution < 1.29 is 0 Å². The molecule has 0 bridgehead atoms. The largest absolute Gasteiger partial charge is 0.335 e. The van der Waals surface area contributed by atoms with Gasteiger partial charge < -0.3 is 4.90 Å². The minimum absolute atomic E-state index is 0.251. The number of hydrogen-bond acceptors (Lipinski definition) is 3. The van der Waals surface area contributed by atoms with Crippen LogP contribution in [0.1, 0.15) is 12.0 Å². The van der Waals surface area contributed by atoms with Gasteiger partial charge in [0.1, 0.15) is 5.69 Å². The van der Waals surface area contributed by atoms with E-state index in [1.807, 2.05) is 23.1 Å². The molecule has 0 aliphatic carbocycles. The Morgan fingerprint density at radius 2 is 2.17 bits per heavy atom. The first kappa shape index (κ1) is 11.3. The summed E-state index contributed by atoms with van der Waals surface area (Å²) in [7, 11) is 0. The maximum atomic E-state index is 11.9. The highest BCUT2D eigenvalue weighted by Crippen LogP contribution is 2.34. The lowest BCUT2D eigenvalue weighted by Crippen LogP contribution is -2.30. The van der Waals surface area contributed by atoms with Crippen molar-refractivity contribution in [1.82, 2.24) is 10.2 Å². The van der Waals surface area contributed by atoms with Crippen LogP contribution in [0, 0.1) is 0 Å². The first-order valence-corrected chi connectivity index (χ1v) is 6.24. The van der Waals surface area contributed by atoms with Crippen LogP contribution in [0.25, 0.3) is 0 Å². The molecule has 4 nitrogen and oxygen atoms in total. The van der Waals surface area contributed by atoms with Crippen molar-refractivity contribution in [3.05, 3.63) is 51.4 Å². The number of fused-ring (bicyclic) bond motifs is 1. The predicted octanol–water partition coefficient (Wildman–Crippen LogP) is 2.51. The van der Waals surface area contributed by atoms with Crippen molar-refractivity contribution in [2.75, 3.05) is 11.4 Å². The summed E-state index contributed by atoms with van der Waals surface area (Å²) in [6.07, 6.45) is 3.51. The van der Waals surface area contributed by atoms with Crippen molar-refractivity contribution in [1.29, 1.82) is 0 Å². The number of hydrogen-bond donors (Lipinski definition) is 1. The lowest BCUT2D eigenvalue weighted by Gasteiger charge is -2.30. The van der Waals surface area contributed by atoms with E-state index in [1.165, 1.54) is 11.8 Å². The van der Waals surface area contributed by atoms with E-state index in [4.69, 9.17) is 11.6 Å². The number of aromatic nitrogens is 2. The Balaban J connectivity index is 2.17. The number of para-hydroxylation sites is 1. The third kappa shape index (κ3) is 1.78. The molecule has 2 aromatic rings. The van der Waals surface area contributed by atoms with Crippen LogP contribution in [0.3, 0.4) is 0 Å². The summed E-state index contributed by atoms with van der Waals surface area (Å²) in [6.45, 7) is 0.795. The number of anilines is 2. The van der Waals surface area contributed by atoms with Crippen molar-refractivity contribution in [3.63, 3.8) is 0 Å². The smallest absolute Gasteiger partial charge is 0.289 e. The third-order valence-electron chi connectivity index (χ3n) is 3.17. The SMILES string of the molecule is O=c1[nH]ncc(Cl)c1N1CCCc2ccccc21. The monoisotopic (exact) mass is 261 g/mol. The Morgan fingerprint density at radius 3 is 3.00 bits per heavy atom. The van der Waals surface area contributed by atoms with Crippen molar-refractivity contribution in [2.24, 2.45) is 0 Å². The zero-order valence-electron chi connectivity index (χ0n) is 9.69. The summed E-state index contributed by atoms with van der Waals surface area (Å²) in [5.41, 5.74) is 2.54. The van der Waals surface area contributed by atoms with Gasteiger partial charge in [0.15, 0.2) is 0 Å². The van der Waals surface area contributed by atoms with Gasteiger partial charge >= 0.3 is 0 Å². The van der Waals surface area contributed by atoms with E-state index in [2.05, 4.69) is 16.3 Å². The quantitative estimate of drug-likeness (QED) is 0.858. The molecular weight excluding hydrogens is 250 g/mol. The molecule has 1 aliphatic rings. The van der Waals surface area contributed by atoms with Gasteiger partial charge in [0.25, 0.3) is 5.56 Å². The topological polar surface area (TPSA) is 49.0 Å². The van der Waals surface area contributed by atoms with Crippen LogP contribution < -0.4 is 10.5 Å². The van der Waals surface area contributed by atoms with Crippen LogP contribution in [0.15, 0.2) is 35.3 Å². The second kappa shape index (κ2) is 4.46. The van der Waals surface area contributed by atoms with Crippen LogP contribution in [0.5, 0.6) is 0 Å². The van der Waals surface area contributed by atoms with Gasteiger partial charge in [-0.25, -0.2) is 5.10 Å². The molecule has 0 atom stereocenters. The van der Waals surface area contributed by atoms with Gasteiger partial charge in [-0.05, 0) is 24.5 Å². The molecule has 3 rings (SSSR count). The molecule has 1 N–H and O–H groups in total. The van der Waals surface area contributed by atoms with Gasteiger partial charge in [0.05, 0.1) is 11.2 Å². The zero-order chi connectivity index (χ0) is 12.5. The maximum absolute atomic E-state index is 11.9. The van der Waals surface area contributed by atoms with E-state index in [0.29, 0.717) is 10.7 Å². The number of nitrogens with zero attached hydrogens (tertiary/aromatic N) is 2. The first-order chi connectivity index (χ1) is 8.77. The number of nitrogens with one attached hydrogen (secondary N) is 1. The van der Waals surface area contributed by atoms with Crippen molar-refractivity contribution in [2.45, 2.75) is 12.8 Å². The Labute approximate surface area is 109 Å². The molecule has 0 spiro atoms. The Morgan fingerprint density at radius 1 is 1.33 bits per heavy atom. The van der Waals surface area contributed by atoms with Gasteiger partial charge in [-0.15, -0.1) is 0 Å². The van der Waals surface area contributed by atoms with Gasteiger partial charge in [-0.1, -0.05) is 29.8 Å². The fourth-order valence-corrected chi connectivity index (χ4v) is 2.62. The summed E-state index contributed by atoms with van der Waals surface area (Å²) in [5.74, 6) is 0. The molecule has 0 radical (unpaired) electrons. The van der Waals surface area contributed by atoms with E-state index in [0.717, 1.165) is 25.1 Å². The molecule has 5 heteroatoms. The van der Waals surface area contributed by atoms with E-state index in [1.54, 1.807) is 0 Å². The van der Waals surface area contributed by atoms with E-state index >= 15 is 0 Å². The summed E-state index contributed by atoms with van der Waals surface area (Å²) in [5, 5.41) is 6.52. The van der Waals surface area contributed by atoms with Crippen LogP contribution in [0.2, 0.25) is 5.02 Å². The number of benzene rings is 1. The normalized spacial score (nSPS) is 14.4. The van der Waals surface area contributed by atoms with Crippen LogP contribution >= 0.6 is 11.6 Å². The highest BCUT2D eigenvalue weighted by atomic mass is 35.5. The number of aromatic amines is 1. The van der Waals surface area contributed by atoms with Crippen LogP contribution in [-0.2, 0) is 6.42 Å². The zero-order valence-corrected chi connectivity index (χ0v) is 10.4. The Kier molecular flexibility index (Phi) is 2.80. The van der Waals surface area contributed by atoms with Gasteiger partial charge in [0.2, 0.25) is 0 Å². The van der Waals surface area contributed by atoms with E-state index < -0.39 is 0 Å². The molecule has 18 heavy (non-hydrogen) atoms. The molecule has 1 aliphatic heterocycles. The molecule has 0 saturated heterocycles. The molecule has 0 fully saturated rings. The highest BCUT2D eigenvalue weighted by Gasteiger charge is 2.22. The predicted molar refractivity (Wildman–Crippen MR) is 71.6 cm³/mol. The highest BCUT2D eigenvalue weighted by molar-refractivity contribution is 6.33. The molecular formula is C13H12ClN3O. The molecule has 2 heterocycles. The summed E-state index contributed by atoms with van der Waals surface area (Å²) >= 11 is 6.11. The molecule has 1 aromatic carbocycles. The number of rotatable bonds is 1. The number of aryl methyl sites for hydroxylation is 1. The minimum atomic E-state index is -0.251. The van der Waals surface area contributed by atoms with E-state index in [9.17, 15) is 4.79 Å². The lowest BCUT2D eigenvalue weighted by molar-refractivity contribution is 0.761. The summed E-state index contributed by atoms with van der Waals surface area (Å²) in [6, 6.07) is 8.09. The second-order valence-corrected chi connectivity index (χ2v) is 4.69. The third-order valence-corrected chi connectivity index (χ3v) is 3.44. The van der Waals surface area contributed by atoms with E-state index in [-0.39, 0.29) is 5.56 Å². The fourth-order valence-electron chi connectivity index (χ4n) is 2.39. The number of halogens is 1. The summed E-state index contributed by atoms with van der Waals surface area (Å²) in [4.78, 5) is 13.9. The fraction of sp³-hybridized carbons (Fsp3) is 0.231. The number of H-pyrrole nitrogens is 1. The van der Waals surface area contributed by atoms with Gasteiger partial charge in [-0.3, -0.25) is 4.79 Å². The minimum Gasteiger partial charge on any atom is -0.335 e. The Bertz CT molecular complexity index is 638. The van der Waals surface area contributed by atoms with Gasteiger partial charge in [0, 0.05) is 12.2 Å². The maximum Gasteiger partial charge on any atom is 0.289 e. The van der Waals surface area contributed by atoms with Crippen molar-refractivity contribution >= 4 is 23.0 Å². The molecule has 1 aromatic heterocycles. The summed E-state index contributed by atoms with van der Waals surface area (Å²) < 4.78 is 0. The van der Waals surface area contributed by atoms with Crippen molar-refractivity contribution in [3.8, 4) is 0 Å². The molecule has 0 amide bonds. The first-order valence-electron chi connectivity index (χ1n) is 5.86. The standard InChI is InChI=1S/C13H12ClN3O/c14-10-8-15-16-13(18)12(10)17-7-3-5-9-4-1-2-6-11(9)17/h1-2,4,6,8H,3,5,7H2,(H,16,18). The lowest BCUT2D eigenvalue weighted by atomic mass is 10.0. The average Bonchev–Trinajstić information content (AvgIpc) is 2.39. The van der Waals surface area contributed by atoms with Crippen LogP contribution in [-0.4, -0.2) is 16.7 Å². The van der Waals surface area contributed by atoms with Gasteiger partial charge in [-0.2, -0.15) is 5.10 Å².